The maximum Gasteiger partial charge on any atom is 0.271 e. The van der Waals surface area contributed by atoms with Crippen molar-refractivity contribution < 1.29 is 9.59 Å². The highest BCUT2D eigenvalue weighted by atomic mass is 16.2. The Hall–Kier alpha value is -2.63. The van der Waals surface area contributed by atoms with Gasteiger partial charge in [-0.2, -0.15) is 5.10 Å². The maximum atomic E-state index is 12.4. The van der Waals surface area contributed by atoms with Crippen molar-refractivity contribution in [3.63, 3.8) is 0 Å². The van der Waals surface area contributed by atoms with Crippen molar-refractivity contribution in [1.82, 2.24) is 20.8 Å². The van der Waals surface area contributed by atoms with Crippen molar-refractivity contribution in [3.05, 3.63) is 53.3 Å². The SMILES string of the molecule is CC(=O)NC1(CCNC(=O)c2cc(C(C)c3ccccc3)[nH]n2)CCC1. The minimum Gasteiger partial charge on any atom is -0.351 e. The van der Waals surface area contributed by atoms with E-state index < -0.39 is 0 Å². The summed E-state index contributed by atoms with van der Waals surface area (Å²) >= 11 is 0. The molecule has 6 heteroatoms. The second-order valence-electron chi connectivity index (χ2n) is 7.16. The van der Waals surface area contributed by atoms with E-state index in [2.05, 4.69) is 39.9 Å². The first-order valence-corrected chi connectivity index (χ1v) is 9.16. The number of aromatic amines is 1. The number of H-pyrrole nitrogens is 1. The van der Waals surface area contributed by atoms with Crippen LogP contribution in [0.4, 0.5) is 0 Å². The molecule has 1 saturated carbocycles. The lowest BCUT2D eigenvalue weighted by Crippen LogP contribution is -2.54. The van der Waals surface area contributed by atoms with E-state index in [0.29, 0.717) is 12.2 Å². The van der Waals surface area contributed by atoms with E-state index in [0.717, 1.165) is 31.4 Å². The molecular formula is C20H26N4O2. The predicted molar refractivity (Wildman–Crippen MR) is 99.9 cm³/mol. The molecule has 1 fully saturated rings. The lowest BCUT2D eigenvalue weighted by Gasteiger charge is -2.42. The quantitative estimate of drug-likeness (QED) is 0.714. The Morgan fingerprint density at radius 3 is 2.62 bits per heavy atom. The minimum atomic E-state index is -0.190. The Morgan fingerprint density at radius 2 is 2.00 bits per heavy atom. The van der Waals surface area contributed by atoms with Crippen molar-refractivity contribution in [2.45, 2.75) is 51.0 Å². The van der Waals surface area contributed by atoms with Gasteiger partial charge in [-0.05, 0) is 37.3 Å². The molecule has 1 aromatic carbocycles. The van der Waals surface area contributed by atoms with Gasteiger partial charge in [0.25, 0.3) is 5.91 Å². The first-order chi connectivity index (χ1) is 12.5. The summed E-state index contributed by atoms with van der Waals surface area (Å²) in [6.07, 6.45) is 3.82. The van der Waals surface area contributed by atoms with E-state index in [1.54, 1.807) is 6.07 Å². The molecule has 0 saturated heterocycles. The van der Waals surface area contributed by atoms with E-state index in [-0.39, 0.29) is 23.3 Å². The van der Waals surface area contributed by atoms with Gasteiger partial charge in [0.05, 0.1) is 0 Å². The number of hydrogen-bond donors (Lipinski definition) is 3. The molecule has 1 aromatic heterocycles. The van der Waals surface area contributed by atoms with Crippen LogP contribution in [0.15, 0.2) is 36.4 Å². The molecule has 3 N–H and O–H groups in total. The first-order valence-electron chi connectivity index (χ1n) is 9.16. The minimum absolute atomic E-state index is 0.0112. The molecule has 1 atom stereocenters. The number of carbonyl (C=O) groups excluding carboxylic acids is 2. The Balaban J connectivity index is 1.54. The van der Waals surface area contributed by atoms with Crippen LogP contribution >= 0.6 is 0 Å². The predicted octanol–water partition coefficient (Wildman–Crippen LogP) is 2.74. The van der Waals surface area contributed by atoms with Crippen LogP contribution in [0.1, 0.15) is 67.2 Å². The van der Waals surface area contributed by atoms with Crippen LogP contribution in [0.25, 0.3) is 0 Å². The summed E-state index contributed by atoms with van der Waals surface area (Å²) in [7, 11) is 0. The number of rotatable bonds is 7. The standard InChI is InChI=1S/C20H26N4O2/c1-14(16-7-4-3-5-8-16)17-13-18(24-23-17)19(26)21-12-11-20(9-6-10-20)22-15(2)25/h3-5,7-8,13-14H,6,9-12H2,1-2H3,(H,21,26)(H,22,25)(H,23,24). The maximum absolute atomic E-state index is 12.4. The average molecular weight is 354 g/mol. The van der Waals surface area contributed by atoms with E-state index in [4.69, 9.17) is 0 Å². The molecule has 0 bridgehead atoms. The summed E-state index contributed by atoms with van der Waals surface area (Å²) in [5.74, 6) is -0.0591. The summed E-state index contributed by atoms with van der Waals surface area (Å²) in [6, 6.07) is 11.9. The second kappa shape index (κ2) is 7.72. The summed E-state index contributed by atoms with van der Waals surface area (Å²) in [6.45, 7) is 4.14. The monoisotopic (exact) mass is 354 g/mol. The van der Waals surface area contributed by atoms with Gasteiger partial charge in [0, 0.05) is 30.6 Å². The zero-order valence-corrected chi connectivity index (χ0v) is 15.3. The Morgan fingerprint density at radius 1 is 1.27 bits per heavy atom. The topological polar surface area (TPSA) is 86.9 Å². The van der Waals surface area contributed by atoms with Crippen molar-refractivity contribution in [3.8, 4) is 0 Å². The van der Waals surface area contributed by atoms with Gasteiger partial charge in [-0.25, -0.2) is 0 Å². The Labute approximate surface area is 153 Å². The summed E-state index contributed by atoms with van der Waals surface area (Å²) < 4.78 is 0. The smallest absolute Gasteiger partial charge is 0.271 e. The lowest BCUT2D eigenvalue weighted by atomic mass is 9.74. The molecule has 2 amide bonds. The Bertz CT molecular complexity index is 765. The van der Waals surface area contributed by atoms with Gasteiger partial charge in [-0.1, -0.05) is 37.3 Å². The molecule has 1 unspecified atom stereocenters. The molecule has 1 aliphatic carbocycles. The molecule has 2 aromatic rings. The van der Waals surface area contributed by atoms with Crippen LogP contribution < -0.4 is 10.6 Å². The van der Waals surface area contributed by atoms with Gasteiger partial charge in [0.15, 0.2) is 0 Å². The highest BCUT2D eigenvalue weighted by Crippen LogP contribution is 2.34. The van der Waals surface area contributed by atoms with Crippen molar-refractivity contribution >= 4 is 11.8 Å². The molecule has 138 valence electrons. The number of benzene rings is 1. The van der Waals surface area contributed by atoms with Crippen molar-refractivity contribution in [2.75, 3.05) is 6.54 Å². The van der Waals surface area contributed by atoms with Gasteiger partial charge in [-0.15, -0.1) is 0 Å². The van der Waals surface area contributed by atoms with Gasteiger partial charge < -0.3 is 10.6 Å². The van der Waals surface area contributed by atoms with Crippen molar-refractivity contribution in [1.29, 1.82) is 0 Å². The number of amides is 2. The van der Waals surface area contributed by atoms with Crippen molar-refractivity contribution in [2.24, 2.45) is 0 Å². The third-order valence-corrected chi connectivity index (χ3v) is 5.24. The largest absolute Gasteiger partial charge is 0.351 e. The third-order valence-electron chi connectivity index (χ3n) is 5.24. The molecule has 3 rings (SSSR count). The normalized spacial score (nSPS) is 16.4. The fourth-order valence-corrected chi connectivity index (χ4v) is 3.52. The zero-order chi connectivity index (χ0) is 18.6. The summed E-state index contributed by atoms with van der Waals surface area (Å²) in [5.41, 5.74) is 2.34. The lowest BCUT2D eigenvalue weighted by molar-refractivity contribution is -0.122. The summed E-state index contributed by atoms with van der Waals surface area (Å²) in [4.78, 5) is 23.7. The number of hydrogen-bond acceptors (Lipinski definition) is 3. The third kappa shape index (κ3) is 4.12. The van der Waals surface area contributed by atoms with E-state index in [9.17, 15) is 9.59 Å². The molecule has 6 nitrogen and oxygen atoms in total. The van der Waals surface area contributed by atoms with Gasteiger partial charge in [0.2, 0.25) is 5.91 Å². The molecular weight excluding hydrogens is 328 g/mol. The highest BCUT2D eigenvalue weighted by Gasteiger charge is 2.37. The molecule has 26 heavy (non-hydrogen) atoms. The fraction of sp³-hybridized carbons (Fsp3) is 0.450. The Kier molecular flexibility index (Phi) is 5.40. The van der Waals surface area contributed by atoms with Gasteiger partial charge in [-0.3, -0.25) is 14.7 Å². The molecule has 0 radical (unpaired) electrons. The molecule has 1 aliphatic rings. The first kappa shape index (κ1) is 18.2. The van der Waals surface area contributed by atoms with E-state index in [1.807, 2.05) is 18.2 Å². The zero-order valence-electron chi connectivity index (χ0n) is 15.3. The second-order valence-corrected chi connectivity index (χ2v) is 7.16. The van der Waals surface area contributed by atoms with Crippen LogP contribution in [0.3, 0.4) is 0 Å². The van der Waals surface area contributed by atoms with Crippen LogP contribution in [0, 0.1) is 0 Å². The van der Waals surface area contributed by atoms with E-state index >= 15 is 0 Å². The molecule has 0 spiro atoms. The van der Waals surface area contributed by atoms with Crippen LogP contribution in [-0.4, -0.2) is 34.1 Å². The highest BCUT2D eigenvalue weighted by molar-refractivity contribution is 5.92. The number of nitrogens with one attached hydrogen (secondary N) is 3. The van der Waals surface area contributed by atoms with Gasteiger partial charge >= 0.3 is 0 Å². The number of nitrogens with zero attached hydrogens (tertiary/aromatic N) is 1. The van der Waals surface area contributed by atoms with Crippen LogP contribution in [-0.2, 0) is 4.79 Å². The average Bonchev–Trinajstić information content (AvgIpc) is 3.09. The summed E-state index contributed by atoms with van der Waals surface area (Å²) in [5, 5.41) is 13.1. The molecule has 0 aliphatic heterocycles. The van der Waals surface area contributed by atoms with Crippen LogP contribution in [0.2, 0.25) is 0 Å². The van der Waals surface area contributed by atoms with Gasteiger partial charge in [0.1, 0.15) is 5.69 Å². The van der Waals surface area contributed by atoms with E-state index in [1.165, 1.54) is 12.5 Å². The number of carbonyl (C=O) groups is 2. The molecule has 1 heterocycles. The fourth-order valence-electron chi connectivity index (χ4n) is 3.52. The number of aromatic nitrogens is 2. The van der Waals surface area contributed by atoms with Crippen LogP contribution in [0.5, 0.6) is 0 Å².